The molecule has 210 valence electrons. The standard InChI is InChI=1S/C36H39F3O/c1-3-5-24-6-8-25(9-7-24)26-10-12-27(13-11-26)30-18-19-31(33(37)23-30)28-14-16-29(17-15-28)32-20-21-34(40-22-4-2)36(39)35(32)38/h3-5,14-21,23-27H,2,6-13,22H2,1H3/b5-3+. The van der Waals surface area contributed by atoms with Crippen LogP contribution in [0.3, 0.4) is 0 Å². The second-order valence-electron chi connectivity index (χ2n) is 11.5. The Morgan fingerprint density at radius 3 is 1.95 bits per heavy atom. The van der Waals surface area contributed by atoms with Crippen molar-refractivity contribution in [3.05, 3.63) is 102 Å². The number of hydrogen-bond donors (Lipinski definition) is 0. The maximum Gasteiger partial charge on any atom is 0.201 e. The van der Waals surface area contributed by atoms with Crippen molar-refractivity contribution in [2.75, 3.05) is 6.61 Å². The first-order valence-corrected chi connectivity index (χ1v) is 14.7. The summed E-state index contributed by atoms with van der Waals surface area (Å²) in [6.45, 7) is 5.73. The van der Waals surface area contributed by atoms with E-state index in [0.29, 0.717) is 22.6 Å². The Bertz CT molecular complexity index is 1330. The van der Waals surface area contributed by atoms with Crippen molar-refractivity contribution in [1.29, 1.82) is 0 Å². The summed E-state index contributed by atoms with van der Waals surface area (Å²) in [7, 11) is 0. The van der Waals surface area contributed by atoms with Crippen LogP contribution in [0.1, 0.15) is 69.8 Å². The van der Waals surface area contributed by atoms with Crippen molar-refractivity contribution >= 4 is 0 Å². The van der Waals surface area contributed by atoms with Crippen molar-refractivity contribution in [2.45, 2.75) is 64.2 Å². The zero-order valence-corrected chi connectivity index (χ0v) is 23.4. The SMILES string of the molecule is C=CCOc1ccc(-c2ccc(-c3ccc(C4CCC(C5CCC(/C=C/C)CC5)CC4)cc3F)cc2)c(F)c1F. The fraction of sp³-hybridized carbons (Fsp3) is 0.389. The molecule has 0 spiro atoms. The van der Waals surface area contributed by atoms with Gasteiger partial charge in [-0.15, -0.1) is 0 Å². The summed E-state index contributed by atoms with van der Waals surface area (Å²) < 4.78 is 49.6. The molecule has 0 amide bonds. The number of allylic oxidation sites excluding steroid dienone is 2. The van der Waals surface area contributed by atoms with Gasteiger partial charge >= 0.3 is 0 Å². The molecule has 0 atom stereocenters. The molecule has 2 aliphatic carbocycles. The molecule has 3 aromatic carbocycles. The topological polar surface area (TPSA) is 9.23 Å². The first-order chi connectivity index (χ1) is 19.5. The minimum atomic E-state index is -1.03. The van der Waals surface area contributed by atoms with E-state index >= 15 is 4.39 Å². The largest absolute Gasteiger partial charge is 0.486 e. The second kappa shape index (κ2) is 12.9. The van der Waals surface area contributed by atoms with E-state index in [1.807, 2.05) is 6.07 Å². The third kappa shape index (κ3) is 6.22. The number of halogens is 3. The molecule has 2 aliphatic rings. The van der Waals surface area contributed by atoms with Crippen molar-refractivity contribution < 1.29 is 17.9 Å². The van der Waals surface area contributed by atoms with Crippen LogP contribution in [0.4, 0.5) is 13.2 Å². The summed E-state index contributed by atoms with van der Waals surface area (Å²) in [6, 6.07) is 15.4. The van der Waals surface area contributed by atoms with Gasteiger partial charge in [0.2, 0.25) is 5.82 Å². The average Bonchev–Trinajstić information content (AvgIpc) is 2.99. The van der Waals surface area contributed by atoms with Crippen LogP contribution in [0.2, 0.25) is 0 Å². The molecular formula is C36H39F3O. The van der Waals surface area contributed by atoms with Crippen LogP contribution in [-0.2, 0) is 0 Å². The molecule has 5 rings (SSSR count). The third-order valence-electron chi connectivity index (χ3n) is 9.09. The van der Waals surface area contributed by atoms with Gasteiger partial charge in [0.15, 0.2) is 11.6 Å². The predicted molar refractivity (Wildman–Crippen MR) is 158 cm³/mol. The lowest BCUT2D eigenvalue weighted by Gasteiger charge is -2.37. The van der Waals surface area contributed by atoms with Gasteiger partial charge in [-0.3, -0.25) is 0 Å². The van der Waals surface area contributed by atoms with Gasteiger partial charge in [0.1, 0.15) is 12.4 Å². The molecule has 0 unspecified atom stereocenters. The number of benzene rings is 3. The van der Waals surface area contributed by atoms with Gasteiger partial charge < -0.3 is 4.74 Å². The quantitative estimate of drug-likeness (QED) is 0.256. The Balaban J connectivity index is 1.22. The summed E-state index contributed by atoms with van der Waals surface area (Å²) >= 11 is 0. The summed E-state index contributed by atoms with van der Waals surface area (Å²) in [5.41, 5.74) is 2.95. The van der Waals surface area contributed by atoms with Crippen molar-refractivity contribution in [1.82, 2.24) is 0 Å². The molecule has 0 saturated heterocycles. The van der Waals surface area contributed by atoms with Gasteiger partial charge in [-0.1, -0.05) is 61.2 Å². The predicted octanol–water partition coefficient (Wildman–Crippen LogP) is 10.7. The summed E-state index contributed by atoms with van der Waals surface area (Å²) in [6.07, 6.45) is 16.1. The molecule has 3 aromatic rings. The van der Waals surface area contributed by atoms with Crippen LogP contribution in [0.25, 0.3) is 22.3 Å². The zero-order valence-electron chi connectivity index (χ0n) is 23.4. The molecule has 2 fully saturated rings. The second-order valence-corrected chi connectivity index (χ2v) is 11.5. The van der Waals surface area contributed by atoms with Crippen molar-refractivity contribution in [2.24, 2.45) is 17.8 Å². The minimum Gasteiger partial charge on any atom is -0.486 e. The Morgan fingerprint density at radius 2 is 1.35 bits per heavy atom. The Labute approximate surface area is 236 Å². The molecule has 0 bridgehead atoms. The van der Waals surface area contributed by atoms with Crippen LogP contribution in [0, 0.1) is 35.2 Å². The lowest BCUT2D eigenvalue weighted by atomic mass is 9.68. The molecule has 40 heavy (non-hydrogen) atoms. The minimum absolute atomic E-state index is 0.0915. The Hall–Kier alpha value is -3.27. The van der Waals surface area contributed by atoms with E-state index in [4.69, 9.17) is 4.74 Å². The molecule has 2 saturated carbocycles. The molecule has 0 aromatic heterocycles. The van der Waals surface area contributed by atoms with Gasteiger partial charge in [0.25, 0.3) is 0 Å². The van der Waals surface area contributed by atoms with Gasteiger partial charge in [-0.2, -0.15) is 4.39 Å². The van der Waals surface area contributed by atoms with Gasteiger partial charge in [0.05, 0.1) is 0 Å². The number of hydrogen-bond acceptors (Lipinski definition) is 1. The first-order valence-electron chi connectivity index (χ1n) is 14.7. The molecule has 4 heteroatoms. The smallest absolute Gasteiger partial charge is 0.201 e. The van der Waals surface area contributed by atoms with Crippen LogP contribution in [0.15, 0.2) is 79.4 Å². The van der Waals surface area contributed by atoms with E-state index in [-0.39, 0.29) is 23.7 Å². The molecule has 0 heterocycles. The lowest BCUT2D eigenvalue weighted by molar-refractivity contribution is 0.171. The molecule has 1 nitrogen and oxygen atoms in total. The molecule has 0 radical (unpaired) electrons. The summed E-state index contributed by atoms with van der Waals surface area (Å²) in [4.78, 5) is 0. The van der Waals surface area contributed by atoms with E-state index < -0.39 is 11.6 Å². The van der Waals surface area contributed by atoms with Crippen LogP contribution in [0.5, 0.6) is 5.75 Å². The monoisotopic (exact) mass is 544 g/mol. The zero-order chi connectivity index (χ0) is 28.1. The van der Waals surface area contributed by atoms with Crippen LogP contribution >= 0.6 is 0 Å². The molecular weight excluding hydrogens is 505 g/mol. The van der Waals surface area contributed by atoms with Crippen LogP contribution in [-0.4, -0.2) is 6.61 Å². The van der Waals surface area contributed by atoms with E-state index in [0.717, 1.165) is 36.2 Å². The van der Waals surface area contributed by atoms with E-state index in [1.165, 1.54) is 56.7 Å². The highest BCUT2D eigenvalue weighted by Crippen LogP contribution is 2.44. The highest BCUT2D eigenvalue weighted by Gasteiger charge is 2.31. The highest BCUT2D eigenvalue weighted by atomic mass is 19.2. The van der Waals surface area contributed by atoms with Crippen LogP contribution < -0.4 is 4.74 Å². The number of ether oxygens (including phenoxy) is 1. The summed E-state index contributed by atoms with van der Waals surface area (Å²) in [5.74, 6) is 0.469. The Kier molecular flexibility index (Phi) is 9.14. The fourth-order valence-corrected chi connectivity index (χ4v) is 6.87. The van der Waals surface area contributed by atoms with Gasteiger partial charge in [-0.25, -0.2) is 8.78 Å². The van der Waals surface area contributed by atoms with E-state index in [1.54, 1.807) is 30.3 Å². The molecule has 0 N–H and O–H groups in total. The highest BCUT2D eigenvalue weighted by molar-refractivity contribution is 5.71. The van der Waals surface area contributed by atoms with E-state index in [9.17, 15) is 8.78 Å². The maximum absolute atomic E-state index is 15.3. The maximum atomic E-state index is 15.3. The first kappa shape index (κ1) is 28.3. The van der Waals surface area contributed by atoms with E-state index in [2.05, 4.69) is 31.7 Å². The lowest BCUT2D eigenvalue weighted by Crippen LogP contribution is -2.25. The molecule has 0 aliphatic heterocycles. The normalized spacial score (nSPS) is 23.3. The Morgan fingerprint density at radius 1 is 0.750 bits per heavy atom. The average molecular weight is 545 g/mol. The van der Waals surface area contributed by atoms with Gasteiger partial charge in [0, 0.05) is 11.1 Å². The van der Waals surface area contributed by atoms with Gasteiger partial charge in [-0.05, 0) is 117 Å². The van der Waals surface area contributed by atoms with Crippen molar-refractivity contribution in [3.63, 3.8) is 0 Å². The van der Waals surface area contributed by atoms with Crippen molar-refractivity contribution in [3.8, 4) is 28.0 Å². The number of rotatable bonds is 8. The fourth-order valence-electron chi connectivity index (χ4n) is 6.87. The summed E-state index contributed by atoms with van der Waals surface area (Å²) in [5, 5.41) is 0. The third-order valence-corrected chi connectivity index (χ3v) is 9.09.